The Morgan fingerprint density at radius 3 is 2.94 bits per heavy atom. The number of ether oxygens (including phenoxy) is 1. The van der Waals surface area contributed by atoms with Crippen LogP contribution >= 0.6 is 0 Å². The Bertz CT molecular complexity index is 399. The van der Waals surface area contributed by atoms with Crippen molar-refractivity contribution in [1.29, 1.82) is 0 Å². The number of aromatic nitrogens is 2. The molecule has 0 aliphatic carbocycles. The van der Waals surface area contributed by atoms with Crippen LogP contribution < -0.4 is 10.1 Å². The second-order valence-electron chi connectivity index (χ2n) is 4.11. The minimum atomic E-state index is 0.627. The number of anilines is 1. The maximum Gasteiger partial charge on any atom is 0.226 e. The van der Waals surface area contributed by atoms with Gasteiger partial charge in [-0.25, -0.2) is 4.98 Å². The van der Waals surface area contributed by atoms with Gasteiger partial charge in [0.1, 0.15) is 0 Å². The molecule has 0 spiro atoms. The van der Waals surface area contributed by atoms with Crippen LogP contribution in [0.3, 0.4) is 0 Å². The molecule has 1 aromatic heterocycles. The van der Waals surface area contributed by atoms with E-state index in [1.165, 1.54) is 0 Å². The normalized spacial score (nSPS) is 9.83. The predicted octanol–water partition coefficient (Wildman–Crippen LogP) is 2.79. The van der Waals surface area contributed by atoms with Crippen molar-refractivity contribution in [3.63, 3.8) is 0 Å². The number of terminal acetylenes is 1. The molecule has 0 fully saturated rings. The second kappa shape index (κ2) is 8.35. The van der Waals surface area contributed by atoms with Gasteiger partial charge in [-0.05, 0) is 26.2 Å². The molecule has 0 aliphatic heterocycles. The number of nitrogens with zero attached hydrogens (tertiary/aromatic N) is 2. The number of unbranched alkanes of at least 4 members (excludes halogenated alkanes) is 2. The predicted molar refractivity (Wildman–Crippen MR) is 73.7 cm³/mol. The van der Waals surface area contributed by atoms with E-state index in [1.54, 1.807) is 0 Å². The number of hydrogen-bond donors (Lipinski definition) is 1. The molecular formula is C14H21N3O. The van der Waals surface area contributed by atoms with Gasteiger partial charge in [-0.2, -0.15) is 4.98 Å². The Kier molecular flexibility index (Phi) is 6.63. The molecule has 0 unspecified atom stereocenters. The van der Waals surface area contributed by atoms with Gasteiger partial charge in [0.2, 0.25) is 11.8 Å². The van der Waals surface area contributed by atoms with Crippen LogP contribution in [0, 0.1) is 19.3 Å². The average Bonchev–Trinajstić information content (AvgIpc) is 2.35. The van der Waals surface area contributed by atoms with Crippen molar-refractivity contribution in [3.8, 4) is 18.2 Å². The maximum atomic E-state index is 5.50. The molecule has 0 radical (unpaired) electrons. The van der Waals surface area contributed by atoms with Gasteiger partial charge in [0.25, 0.3) is 0 Å². The van der Waals surface area contributed by atoms with Crippen molar-refractivity contribution in [2.75, 3.05) is 18.5 Å². The largest absolute Gasteiger partial charge is 0.478 e. The molecule has 1 N–H and O–H groups in total. The summed E-state index contributed by atoms with van der Waals surface area (Å²) >= 11 is 0. The van der Waals surface area contributed by atoms with E-state index >= 15 is 0 Å². The van der Waals surface area contributed by atoms with Crippen LogP contribution in [0.5, 0.6) is 5.88 Å². The summed E-state index contributed by atoms with van der Waals surface area (Å²) < 4.78 is 5.50. The van der Waals surface area contributed by atoms with Crippen LogP contribution in [-0.4, -0.2) is 23.1 Å². The van der Waals surface area contributed by atoms with Crippen LogP contribution in [0.1, 0.15) is 38.3 Å². The maximum absolute atomic E-state index is 5.50. The minimum Gasteiger partial charge on any atom is -0.478 e. The molecule has 4 heteroatoms. The number of rotatable bonds is 8. The number of aryl methyl sites for hydroxylation is 1. The first-order chi connectivity index (χ1) is 8.76. The Morgan fingerprint density at radius 2 is 2.22 bits per heavy atom. The van der Waals surface area contributed by atoms with E-state index in [2.05, 4.69) is 28.1 Å². The van der Waals surface area contributed by atoms with Crippen molar-refractivity contribution >= 4 is 5.95 Å². The van der Waals surface area contributed by atoms with Gasteiger partial charge in [-0.3, -0.25) is 0 Å². The van der Waals surface area contributed by atoms with Crippen LogP contribution in [0.4, 0.5) is 5.95 Å². The third-order valence-electron chi connectivity index (χ3n) is 2.32. The molecule has 0 amide bonds. The van der Waals surface area contributed by atoms with E-state index < -0.39 is 0 Å². The highest BCUT2D eigenvalue weighted by atomic mass is 16.5. The summed E-state index contributed by atoms with van der Waals surface area (Å²) in [6.07, 6.45) is 9.03. The van der Waals surface area contributed by atoms with Gasteiger partial charge in [-0.1, -0.05) is 6.92 Å². The van der Waals surface area contributed by atoms with Crippen LogP contribution in [-0.2, 0) is 0 Å². The van der Waals surface area contributed by atoms with Gasteiger partial charge in [0, 0.05) is 24.7 Å². The van der Waals surface area contributed by atoms with E-state index in [0.717, 1.165) is 37.9 Å². The van der Waals surface area contributed by atoms with E-state index in [4.69, 9.17) is 11.2 Å². The summed E-state index contributed by atoms with van der Waals surface area (Å²) in [4.78, 5) is 8.62. The van der Waals surface area contributed by atoms with Gasteiger partial charge < -0.3 is 10.1 Å². The Labute approximate surface area is 109 Å². The standard InChI is InChI=1S/C14H21N3O/c1-4-6-7-8-9-15-14-16-12(3)11-13(17-14)18-10-5-2/h1,11H,5-10H2,2-3H3,(H,15,16,17). The van der Waals surface area contributed by atoms with Gasteiger partial charge in [0.15, 0.2) is 0 Å². The molecule has 0 aliphatic rings. The summed E-state index contributed by atoms with van der Waals surface area (Å²) in [5, 5.41) is 3.19. The van der Waals surface area contributed by atoms with Crippen molar-refractivity contribution in [2.24, 2.45) is 0 Å². The molecule has 0 saturated carbocycles. The fourth-order valence-corrected chi connectivity index (χ4v) is 1.45. The zero-order chi connectivity index (χ0) is 13.2. The average molecular weight is 247 g/mol. The molecular weight excluding hydrogens is 226 g/mol. The zero-order valence-electron chi connectivity index (χ0n) is 11.2. The first-order valence-corrected chi connectivity index (χ1v) is 6.42. The van der Waals surface area contributed by atoms with Crippen molar-refractivity contribution < 1.29 is 4.74 Å². The first kappa shape index (κ1) is 14.3. The monoisotopic (exact) mass is 247 g/mol. The molecule has 98 valence electrons. The van der Waals surface area contributed by atoms with E-state index in [-0.39, 0.29) is 0 Å². The summed E-state index contributed by atoms with van der Waals surface area (Å²) in [6.45, 7) is 5.51. The molecule has 4 nitrogen and oxygen atoms in total. The SMILES string of the molecule is C#CCCCCNc1nc(C)cc(OCCC)n1. The van der Waals surface area contributed by atoms with Crippen molar-refractivity contribution in [2.45, 2.75) is 39.5 Å². The highest BCUT2D eigenvalue weighted by molar-refractivity contribution is 5.30. The highest BCUT2D eigenvalue weighted by Crippen LogP contribution is 2.12. The van der Waals surface area contributed by atoms with Crippen LogP contribution in [0.2, 0.25) is 0 Å². The van der Waals surface area contributed by atoms with Gasteiger partial charge >= 0.3 is 0 Å². The lowest BCUT2D eigenvalue weighted by Crippen LogP contribution is -2.07. The van der Waals surface area contributed by atoms with Crippen LogP contribution in [0.25, 0.3) is 0 Å². The summed E-state index contributed by atoms with van der Waals surface area (Å²) in [7, 11) is 0. The van der Waals surface area contributed by atoms with E-state index in [1.807, 2.05) is 13.0 Å². The number of nitrogens with one attached hydrogen (secondary N) is 1. The van der Waals surface area contributed by atoms with Gasteiger partial charge in [-0.15, -0.1) is 12.3 Å². The topological polar surface area (TPSA) is 47.0 Å². The Hall–Kier alpha value is -1.76. The molecule has 18 heavy (non-hydrogen) atoms. The second-order valence-corrected chi connectivity index (χ2v) is 4.11. The van der Waals surface area contributed by atoms with E-state index in [9.17, 15) is 0 Å². The van der Waals surface area contributed by atoms with Crippen LogP contribution in [0.15, 0.2) is 6.07 Å². The Balaban J connectivity index is 2.44. The molecule has 0 aromatic carbocycles. The third-order valence-corrected chi connectivity index (χ3v) is 2.32. The molecule has 1 aromatic rings. The van der Waals surface area contributed by atoms with Gasteiger partial charge in [0.05, 0.1) is 6.61 Å². The summed E-state index contributed by atoms with van der Waals surface area (Å²) in [5.74, 6) is 3.89. The molecule has 1 rings (SSSR count). The summed E-state index contributed by atoms with van der Waals surface area (Å²) in [6, 6.07) is 1.85. The lowest BCUT2D eigenvalue weighted by atomic mass is 10.2. The zero-order valence-corrected chi connectivity index (χ0v) is 11.2. The minimum absolute atomic E-state index is 0.627. The quantitative estimate of drug-likeness (QED) is 0.567. The highest BCUT2D eigenvalue weighted by Gasteiger charge is 2.02. The molecule has 0 saturated heterocycles. The lowest BCUT2D eigenvalue weighted by molar-refractivity contribution is 0.305. The molecule has 0 atom stereocenters. The van der Waals surface area contributed by atoms with Crippen molar-refractivity contribution in [3.05, 3.63) is 11.8 Å². The number of hydrogen-bond acceptors (Lipinski definition) is 4. The smallest absolute Gasteiger partial charge is 0.226 e. The van der Waals surface area contributed by atoms with Crippen molar-refractivity contribution in [1.82, 2.24) is 9.97 Å². The molecule has 1 heterocycles. The summed E-state index contributed by atoms with van der Waals surface area (Å²) in [5.41, 5.74) is 0.905. The fraction of sp³-hybridized carbons (Fsp3) is 0.571. The lowest BCUT2D eigenvalue weighted by Gasteiger charge is -2.08. The Morgan fingerprint density at radius 1 is 1.39 bits per heavy atom. The fourth-order valence-electron chi connectivity index (χ4n) is 1.45. The molecule has 0 bridgehead atoms. The first-order valence-electron chi connectivity index (χ1n) is 6.42. The third kappa shape index (κ3) is 5.53. The van der Waals surface area contributed by atoms with E-state index in [0.29, 0.717) is 18.4 Å².